The van der Waals surface area contributed by atoms with E-state index in [4.69, 9.17) is 25.8 Å². The molecule has 1 aliphatic heterocycles. The number of para-hydroxylation sites is 1. The van der Waals surface area contributed by atoms with E-state index in [2.05, 4.69) is 0 Å². The van der Waals surface area contributed by atoms with Gasteiger partial charge in [0, 0.05) is 5.02 Å². The van der Waals surface area contributed by atoms with Crippen LogP contribution in [0.1, 0.15) is 15.9 Å². The summed E-state index contributed by atoms with van der Waals surface area (Å²) in [7, 11) is 1.49. The normalized spacial score (nSPS) is 15.7. The number of esters is 1. The van der Waals surface area contributed by atoms with Crippen LogP contribution in [-0.2, 0) is 16.0 Å². The average Bonchev–Trinajstić information content (AvgIpc) is 2.65. The molecule has 0 spiro atoms. The van der Waals surface area contributed by atoms with E-state index >= 15 is 0 Å². The Bertz CT molecular complexity index is 802. The summed E-state index contributed by atoms with van der Waals surface area (Å²) < 4.78 is 15.9. The molecule has 1 aliphatic rings. The molecule has 2 aromatic carbocycles. The molecule has 0 aliphatic carbocycles. The van der Waals surface area contributed by atoms with Crippen molar-refractivity contribution in [1.82, 2.24) is 0 Å². The van der Waals surface area contributed by atoms with E-state index in [0.29, 0.717) is 22.8 Å². The molecule has 5 nitrogen and oxygen atoms in total. The largest absolute Gasteiger partial charge is 0.496 e. The van der Waals surface area contributed by atoms with Crippen LogP contribution in [0.15, 0.2) is 42.5 Å². The number of methoxy groups -OCH3 is 1. The number of ketones is 1. The molecule has 0 N–H and O–H groups in total. The van der Waals surface area contributed by atoms with E-state index in [1.54, 1.807) is 42.5 Å². The molecule has 2 aromatic rings. The summed E-state index contributed by atoms with van der Waals surface area (Å²) in [5, 5.41) is 0.586. The molecule has 0 saturated carbocycles. The lowest BCUT2D eigenvalue weighted by Crippen LogP contribution is -2.31. The molecule has 0 bridgehead atoms. The standard InChI is InChI=1S/C19H17ClO5/c1-23-18-5-3-2-4-15(18)16(21)11-25-19(22)13-8-12-9-14(20)6-7-17(12)24-10-13/h2-7,9,13H,8,10-11H2,1H3/t13-/m1/s1. The van der Waals surface area contributed by atoms with Crippen molar-refractivity contribution in [2.24, 2.45) is 5.92 Å². The Hall–Kier alpha value is -2.53. The number of rotatable bonds is 5. The Morgan fingerprint density at radius 2 is 2.04 bits per heavy atom. The van der Waals surface area contributed by atoms with Gasteiger partial charge in [-0.1, -0.05) is 23.7 Å². The molecule has 0 unspecified atom stereocenters. The fraction of sp³-hybridized carbons (Fsp3) is 0.263. The van der Waals surface area contributed by atoms with E-state index < -0.39 is 11.9 Å². The SMILES string of the molecule is COc1ccccc1C(=O)COC(=O)[C@H]1COc2ccc(Cl)cc2C1. The highest BCUT2D eigenvalue weighted by Crippen LogP contribution is 2.30. The van der Waals surface area contributed by atoms with Crippen LogP contribution in [0.25, 0.3) is 0 Å². The van der Waals surface area contributed by atoms with Crippen LogP contribution in [-0.4, -0.2) is 32.1 Å². The average molecular weight is 361 g/mol. The Balaban J connectivity index is 1.61. The van der Waals surface area contributed by atoms with Gasteiger partial charge in [-0.25, -0.2) is 0 Å². The summed E-state index contributed by atoms with van der Waals surface area (Å²) in [5.74, 6) is -0.0667. The second-order valence-electron chi connectivity index (χ2n) is 5.70. The summed E-state index contributed by atoms with van der Waals surface area (Å²) in [4.78, 5) is 24.5. The van der Waals surface area contributed by atoms with Gasteiger partial charge in [0.1, 0.15) is 18.1 Å². The van der Waals surface area contributed by atoms with Crippen LogP contribution < -0.4 is 9.47 Å². The van der Waals surface area contributed by atoms with Crippen LogP contribution in [0.5, 0.6) is 11.5 Å². The molecular formula is C19H17ClO5. The number of hydrogen-bond donors (Lipinski definition) is 0. The molecule has 0 saturated heterocycles. The number of benzene rings is 2. The minimum atomic E-state index is -0.464. The van der Waals surface area contributed by atoms with E-state index in [9.17, 15) is 9.59 Å². The number of halogens is 1. The van der Waals surface area contributed by atoms with Gasteiger partial charge in [-0.3, -0.25) is 9.59 Å². The molecule has 0 radical (unpaired) electrons. The quantitative estimate of drug-likeness (QED) is 0.604. The van der Waals surface area contributed by atoms with Gasteiger partial charge in [-0.05, 0) is 42.3 Å². The second kappa shape index (κ2) is 7.57. The van der Waals surface area contributed by atoms with Gasteiger partial charge in [0.2, 0.25) is 5.78 Å². The number of fused-ring (bicyclic) bond motifs is 1. The molecule has 1 atom stereocenters. The number of Topliss-reactive ketones (excluding diaryl/α,β-unsaturated/α-hetero) is 1. The van der Waals surface area contributed by atoms with Gasteiger partial charge in [0.25, 0.3) is 0 Å². The van der Waals surface area contributed by atoms with Crippen molar-refractivity contribution >= 4 is 23.4 Å². The Morgan fingerprint density at radius 3 is 2.84 bits per heavy atom. The number of carbonyl (C=O) groups is 2. The third-order valence-corrected chi connectivity index (χ3v) is 4.25. The number of hydrogen-bond acceptors (Lipinski definition) is 5. The topological polar surface area (TPSA) is 61.8 Å². The number of ether oxygens (including phenoxy) is 3. The predicted octanol–water partition coefficient (Wildman–Crippen LogP) is 3.33. The highest BCUT2D eigenvalue weighted by molar-refractivity contribution is 6.30. The first-order chi connectivity index (χ1) is 12.1. The van der Waals surface area contributed by atoms with Gasteiger partial charge in [0.05, 0.1) is 18.6 Å². The van der Waals surface area contributed by atoms with E-state index in [1.165, 1.54) is 7.11 Å². The van der Waals surface area contributed by atoms with E-state index in [1.807, 2.05) is 0 Å². The van der Waals surface area contributed by atoms with Gasteiger partial charge < -0.3 is 14.2 Å². The van der Waals surface area contributed by atoms with E-state index in [0.717, 1.165) is 11.3 Å². The first-order valence-electron chi connectivity index (χ1n) is 7.82. The summed E-state index contributed by atoms with van der Waals surface area (Å²) >= 11 is 5.97. The molecule has 0 amide bonds. The third-order valence-electron chi connectivity index (χ3n) is 4.02. The maximum atomic E-state index is 12.3. The van der Waals surface area contributed by atoms with Crippen molar-refractivity contribution in [3.63, 3.8) is 0 Å². The molecule has 130 valence electrons. The Kier molecular flexibility index (Phi) is 5.24. The van der Waals surface area contributed by atoms with Crippen LogP contribution in [0.4, 0.5) is 0 Å². The summed E-state index contributed by atoms with van der Waals surface area (Å²) in [6.45, 7) is -0.117. The fourth-order valence-corrected chi connectivity index (χ4v) is 2.92. The smallest absolute Gasteiger partial charge is 0.313 e. The zero-order chi connectivity index (χ0) is 17.8. The molecule has 3 rings (SSSR count). The molecule has 6 heteroatoms. The van der Waals surface area contributed by atoms with Crippen LogP contribution in [0.2, 0.25) is 5.02 Å². The molecule has 1 heterocycles. The summed E-state index contributed by atoms with van der Waals surface area (Å²) in [6.07, 6.45) is 0.470. The van der Waals surface area contributed by atoms with Crippen LogP contribution in [0, 0.1) is 5.92 Å². The Labute approximate surface area is 150 Å². The molecule has 25 heavy (non-hydrogen) atoms. The number of carbonyl (C=O) groups excluding carboxylic acids is 2. The van der Waals surface area contributed by atoms with Crippen LogP contribution >= 0.6 is 11.6 Å². The first-order valence-corrected chi connectivity index (χ1v) is 8.20. The fourth-order valence-electron chi connectivity index (χ4n) is 2.72. The highest BCUT2D eigenvalue weighted by atomic mass is 35.5. The van der Waals surface area contributed by atoms with Crippen molar-refractivity contribution < 1.29 is 23.8 Å². The van der Waals surface area contributed by atoms with E-state index in [-0.39, 0.29) is 19.0 Å². The maximum absolute atomic E-state index is 12.3. The lowest BCUT2D eigenvalue weighted by Gasteiger charge is -2.24. The second-order valence-corrected chi connectivity index (χ2v) is 6.13. The van der Waals surface area contributed by atoms with Crippen molar-refractivity contribution in [1.29, 1.82) is 0 Å². The summed E-state index contributed by atoms with van der Waals surface area (Å²) in [6, 6.07) is 12.1. The predicted molar refractivity (Wildman–Crippen MR) is 92.4 cm³/mol. The molecule has 0 fully saturated rings. The lowest BCUT2D eigenvalue weighted by atomic mass is 9.97. The van der Waals surface area contributed by atoms with Crippen molar-refractivity contribution in [3.05, 3.63) is 58.6 Å². The van der Waals surface area contributed by atoms with Gasteiger partial charge >= 0.3 is 5.97 Å². The Morgan fingerprint density at radius 1 is 1.24 bits per heavy atom. The maximum Gasteiger partial charge on any atom is 0.313 e. The minimum Gasteiger partial charge on any atom is -0.496 e. The van der Waals surface area contributed by atoms with Gasteiger partial charge in [0.15, 0.2) is 6.61 Å². The summed E-state index contributed by atoms with van der Waals surface area (Å²) in [5.41, 5.74) is 1.24. The van der Waals surface area contributed by atoms with Crippen molar-refractivity contribution in [2.45, 2.75) is 6.42 Å². The van der Waals surface area contributed by atoms with Crippen LogP contribution in [0.3, 0.4) is 0 Å². The lowest BCUT2D eigenvalue weighted by molar-refractivity contribution is -0.148. The molecular weight excluding hydrogens is 344 g/mol. The minimum absolute atomic E-state index is 0.219. The van der Waals surface area contributed by atoms with Gasteiger partial charge in [-0.15, -0.1) is 0 Å². The zero-order valence-electron chi connectivity index (χ0n) is 13.7. The van der Waals surface area contributed by atoms with Crippen molar-refractivity contribution in [2.75, 3.05) is 20.3 Å². The monoisotopic (exact) mass is 360 g/mol. The van der Waals surface area contributed by atoms with Gasteiger partial charge in [-0.2, -0.15) is 0 Å². The van der Waals surface area contributed by atoms with Crippen molar-refractivity contribution in [3.8, 4) is 11.5 Å². The first kappa shape index (κ1) is 17.3. The third kappa shape index (κ3) is 3.94. The highest BCUT2D eigenvalue weighted by Gasteiger charge is 2.28. The zero-order valence-corrected chi connectivity index (χ0v) is 14.4. The molecule has 0 aromatic heterocycles.